The summed E-state index contributed by atoms with van der Waals surface area (Å²) in [5.74, 6) is -0.155. The summed E-state index contributed by atoms with van der Waals surface area (Å²) in [6.45, 7) is 1.68. The predicted octanol–water partition coefficient (Wildman–Crippen LogP) is 2.33. The molecule has 7 heteroatoms. The standard InChI is InChI=1S/C22H25N5O2/c1-29-10-9-16-3-2-4-18(11-16)14-27-15-20(13-26-27)22(28)25-12-17-5-7-19(8-6-17)21(23)24/h2-8,11,13,15H,9-10,12,14H2,1H3,(H3,23,24)(H,25,28). The van der Waals surface area contributed by atoms with Crippen LogP contribution in [0.2, 0.25) is 0 Å². The molecule has 4 N–H and O–H groups in total. The van der Waals surface area contributed by atoms with Gasteiger partial charge in [-0.05, 0) is 23.1 Å². The maximum absolute atomic E-state index is 12.4. The third kappa shape index (κ3) is 5.76. The van der Waals surface area contributed by atoms with Gasteiger partial charge in [0.05, 0.1) is 24.9 Å². The first-order chi connectivity index (χ1) is 14.0. The zero-order valence-electron chi connectivity index (χ0n) is 16.4. The fourth-order valence-corrected chi connectivity index (χ4v) is 2.94. The third-order valence-electron chi connectivity index (χ3n) is 4.54. The Balaban J connectivity index is 1.56. The molecule has 29 heavy (non-hydrogen) atoms. The van der Waals surface area contributed by atoms with Gasteiger partial charge in [-0.2, -0.15) is 5.10 Å². The molecule has 0 radical (unpaired) electrons. The molecule has 0 aliphatic heterocycles. The molecule has 0 bridgehead atoms. The van der Waals surface area contributed by atoms with Crippen molar-refractivity contribution in [3.63, 3.8) is 0 Å². The third-order valence-corrected chi connectivity index (χ3v) is 4.54. The number of hydrogen-bond acceptors (Lipinski definition) is 4. The van der Waals surface area contributed by atoms with Crippen molar-refractivity contribution in [3.8, 4) is 0 Å². The van der Waals surface area contributed by atoms with E-state index in [1.165, 1.54) is 5.56 Å². The minimum absolute atomic E-state index is 0.0252. The number of rotatable bonds is 9. The van der Waals surface area contributed by atoms with Gasteiger partial charge < -0.3 is 15.8 Å². The fraction of sp³-hybridized carbons (Fsp3) is 0.227. The highest BCUT2D eigenvalue weighted by Crippen LogP contribution is 2.09. The molecule has 3 aromatic rings. The fourth-order valence-electron chi connectivity index (χ4n) is 2.94. The molecule has 1 amide bonds. The lowest BCUT2D eigenvalue weighted by atomic mass is 10.1. The van der Waals surface area contributed by atoms with Crippen LogP contribution in [0.5, 0.6) is 0 Å². The van der Waals surface area contributed by atoms with Crippen LogP contribution in [0.3, 0.4) is 0 Å². The average molecular weight is 391 g/mol. The van der Waals surface area contributed by atoms with Gasteiger partial charge in [0.15, 0.2) is 0 Å². The van der Waals surface area contributed by atoms with Crippen LogP contribution in [0, 0.1) is 5.41 Å². The van der Waals surface area contributed by atoms with E-state index >= 15 is 0 Å². The normalized spacial score (nSPS) is 10.7. The van der Waals surface area contributed by atoms with E-state index in [2.05, 4.69) is 22.5 Å². The van der Waals surface area contributed by atoms with Crippen LogP contribution in [-0.4, -0.2) is 35.2 Å². The molecule has 1 aromatic heterocycles. The molecule has 7 nitrogen and oxygen atoms in total. The van der Waals surface area contributed by atoms with E-state index in [9.17, 15) is 4.79 Å². The van der Waals surface area contributed by atoms with Crippen molar-refractivity contribution in [3.05, 3.63) is 88.7 Å². The van der Waals surface area contributed by atoms with Gasteiger partial charge in [0.1, 0.15) is 5.84 Å². The first-order valence-corrected chi connectivity index (χ1v) is 9.36. The van der Waals surface area contributed by atoms with E-state index in [-0.39, 0.29) is 11.7 Å². The maximum Gasteiger partial charge on any atom is 0.254 e. The highest BCUT2D eigenvalue weighted by molar-refractivity contribution is 5.95. The second-order valence-corrected chi connectivity index (χ2v) is 6.78. The van der Waals surface area contributed by atoms with Gasteiger partial charge in [-0.1, -0.05) is 48.5 Å². The summed E-state index contributed by atoms with van der Waals surface area (Å²) in [6.07, 6.45) is 4.18. The zero-order valence-corrected chi connectivity index (χ0v) is 16.4. The summed E-state index contributed by atoms with van der Waals surface area (Å²) in [6, 6.07) is 15.5. The van der Waals surface area contributed by atoms with Crippen molar-refractivity contribution in [1.82, 2.24) is 15.1 Å². The number of amidine groups is 1. The zero-order chi connectivity index (χ0) is 20.6. The molecule has 2 aromatic carbocycles. The summed E-state index contributed by atoms with van der Waals surface area (Å²) in [7, 11) is 1.70. The minimum atomic E-state index is -0.180. The van der Waals surface area contributed by atoms with Gasteiger partial charge in [-0.3, -0.25) is 14.9 Å². The summed E-state index contributed by atoms with van der Waals surface area (Å²) in [4.78, 5) is 12.4. The molecule has 0 saturated heterocycles. The van der Waals surface area contributed by atoms with E-state index in [4.69, 9.17) is 15.9 Å². The van der Waals surface area contributed by atoms with Crippen molar-refractivity contribution in [2.45, 2.75) is 19.5 Å². The Morgan fingerprint density at radius 2 is 1.90 bits per heavy atom. The number of nitrogens with two attached hydrogens (primary N) is 1. The Morgan fingerprint density at radius 1 is 1.14 bits per heavy atom. The molecule has 0 spiro atoms. The Hall–Kier alpha value is -3.45. The summed E-state index contributed by atoms with van der Waals surface area (Å²) in [5.41, 5.74) is 9.89. The van der Waals surface area contributed by atoms with Crippen molar-refractivity contribution < 1.29 is 9.53 Å². The maximum atomic E-state index is 12.4. The number of nitrogens with zero attached hydrogens (tertiary/aromatic N) is 2. The predicted molar refractivity (Wildman–Crippen MR) is 112 cm³/mol. The Morgan fingerprint density at radius 3 is 2.62 bits per heavy atom. The van der Waals surface area contributed by atoms with Gasteiger partial charge in [-0.25, -0.2) is 0 Å². The van der Waals surface area contributed by atoms with Crippen molar-refractivity contribution in [2.24, 2.45) is 5.73 Å². The van der Waals surface area contributed by atoms with E-state index < -0.39 is 0 Å². The Labute approximate surface area is 170 Å². The van der Waals surface area contributed by atoms with E-state index in [1.807, 2.05) is 24.3 Å². The lowest BCUT2D eigenvalue weighted by Gasteiger charge is -2.06. The molecule has 3 rings (SSSR count). The second-order valence-electron chi connectivity index (χ2n) is 6.78. The van der Waals surface area contributed by atoms with Gasteiger partial charge in [0, 0.05) is 25.4 Å². The van der Waals surface area contributed by atoms with Crippen LogP contribution in [0.1, 0.15) is 32.6 Å². The molecule has 0 aliphatic rings. The van der Waals surface area contributed by atoms with Gasteiger partial charge in [0.25, 0.3) is 5.91 Å². The summed E-state index contributed by atoms with van der Waals surface area (Å²) in [5, 5.41) is 14.6. The number of carbonyl (C=O) groups is 1. The highest BCUT2D eigenvalue weighted by atomic mass is 16.5. The smallest absolute Gasteiger partial charge is 0.254 e. The highest BCUT2D eigenvalue weighted by Gasteiger charge is 2.09. The lowest BCUT2D eigenvalue weighted by molar-refractivity contribution is 0.0951. The van der Waals surface area contributed by atoms with Crippen LogP contribution >= 0.6 is 0 Å². The number of nitrogens with one attached hydrogen (secondary N) is 2. The van der Waals surface area contributed by atoms with E-state index in [0.717, 1.165) is 17.5 Å². The van der Waals surface area contributed by atoms with E-state index in [1.54, 1.807) is 36.3 Å². The lowest BCUT2D eigenvalue weighted by Crippen LogP contribution is -2.22. The Bertz CT molecular complexity index is 979. The monoisotopic (exact) mass is 391 g/mol. The molecule has 0 atom stereocenters. The SMILES string of the molecule is COCCc1cccc(Cn2cc(C(=O)NCc3ccc(C(=N)N)cc3)cn2)c1. The number of nitrogen functional groups attached to an aromatic ring is 1. The van der Waals surface area contributed by atoms with Gasteiger partial charge in [-0.15, -0.1) is 0 Å². The molecule has 0 aliphatic carbocycles. The topological polar surface area (TPSA) is 106 Å². The quantitative estimate of drug-likeness (QED) is 0.384. The number of hydrogen-bond donors (Lipinski definition) is 3. The van der Waals surface area contributed by atoms with Gasteiger partial charge >= 0.3 is 0 Å². The first-order valence-electron chi connectivity index (χ1n) is 9.36. The van der Waals surface area contributed by atoms with Crippen molar-refractivity contribution in [1.29, 1.82) is 5.41 Å². The van der Waals surface area contributed by atoms with Crippen LogP contribution in [-0.2, 0) is 24.2 Å². The molecule has 1 heterocycles. The van der Waals surface area contributed by atoms with Crippen LogP contribution < -0.4 is 11.1 Å². The molecular weight excluding hydrogens is 366 g/mol. The number of amides is 1. The molecule has 0 saturated carbocycles. The van der Waals surface area contributed by atoms with E-state index in [0.29, 0.717) is 30.8 Å². The van der Waals surface area contributed by atoms with Crippen molar-refractivity contribution in [2.75, 3.05) is 13.7 Å². The number of benzene rings is 2. The summed E-state index contributed by atoms with van der Waals surface area (Å²) >= 11 is 0. The van der Waals surface area contributed by atoms with Crippen molar-refractivity contribution >= 4 is 11.7 Å². The minimum Gasteiger partial charge on any atom is -0.384 e. The van der Waals surface area contributed by atoms with Crippen LogP contribution in [0.25, 0.3) is 0 Å². The first kappa shape index (κ1) is 20.3. The van der Waals surface area contributed by atoms with Crippen LogP contribution in [0.4, 0.5) is 0 Å². The number of carbonyl (C=O) groups excluding carboxylic acids is 1. The summed E-state index contributed by atoms with van der Waals surface area (Å²) < 4.78 is 6.88. The number of aromatic nitrogens is 2. The molecular formula is C22H25N5O2. The van der Waals surface area contributed by atoms with Crippen LogP contribution in [0.15, 0.2) is 60.9 Å². The molecule has 150 valence electrons. The number of ether oxygens (including phenoxy) is 1. The average Bonchev–Trinajstić information content (AvgIpc) is 3.19. The Kier molecular flexibility index (Phi) is 6.76. The van der Waals surface area contributed by atoms with Gasteiger partial charge in [0.2, 0.25) is 0 Å². The number of methoxy groups -OCH3 is 1. The molecule has 0 unspecified atom stereocenters. The second kappa shape index (κ2) is 9.66. The largest absolute Gasteiger partial charge is 0.384 e. The molecule has 0 fully saturated rings.